The molecule has 4 nitrogen and oxygen atoms in total. The van der Waals surface area contributed by atoms with Crippen LogP contribution in [0.3, 0.4) is 0 Å². The first-order chi connectivity index (χ1) is 8.25. The van der Waals surface area contributed by atoms with Crippen molar-refractivity contribution in [1.82, 2.24) is 10.2 Å². The van der Waals surface area contributed by atoms with Gasteiger partial charge in [-0.1, -0.05) is 6.42 Å². The molecule has 2 atom stereocenters. The molecule has 2 aliphatic heterocycles. The third kappa shape index (κ3) is 1.78. The third-order valence-electron chi connectivity index (χ3n) is 5.10. The fourth-order valence-electron chi connectivity index (χ4n) is 3.77. The average molecular weight is 238 g/mol. The summed E-state index contributed by atoms with van der Waals surface area (Å²) in [6, 6.07) is 0. The van der Waals surface area contributed by atoms with Crippen molar-refractivity contribution in [2.24, 2.45) is 17.3 Å². The van der Waals surface area contributed by atoms with Gasteiger partial charge in [-0.3, -0.25) is 4.79 Å². The summed E-state index contributed by atoms with van der Waals surface area (Å²) < 4.78 is 0. The first-order valence-corrected chi connectivity index (χ1v) is 6.85. The maximum atomic E-state index is 12.3. The first-order valence-electron chi connectivity index (χ1n) is 6.85. The van der Waals surface area contributed by atoms with Crippen molar-refractivity contribution < 1.29 is 9.90 Å². The van der Waals surface area contributed by atoms with E-state index in [0.717, 1.165) is 32.6 Å². The molecule has 3 rings (SSSR count). The molecule has 1 aliphatic carbocycles. The van der Waals surface area contributed by atoms with Gasteiger partial charge in [0.15, 0.2) is 0 Å². The van der Waals surface area contributed by atoms with E-state index in [1.165, 1.54) is 19.3 Å². The minimum absolute atomic E-state index is 0.185. The lowest BCUT2D eigenvalue weighted by atomic mass is 9.63. The summed E-state index contributed by atoms with van der Waals surface area (Å²) in [6.07, 6.45) is 4.64. The highest BCUT2D eigenvalue weighted by Gasteiger charge is 2.51. The van der Waals surface area contributed by atoms with Crippen LogP contribution in [0.1, 0.15) is 25.7 Å². The van der Waals surface area contributed by atoms with Crippen LogP contribution in [0.15, 0.2) is 0 Å². The molecule has 1 spiro atoms. The third-order valence-corrected chi connectivity index (χ3v) is 5.10. The predicted molar refractivity (Wildman–Crippen MR) is 64.4 cm³/mol. The lowest BCUT2D eigenvalue weighted by Crippen LogP contribution is -2.40. The van der Waals surface area contributed by atoms with Crippen molar-refractivity contribution in [2.75, 3.05) is 32.8 Å². The molecule has 0 radical (unpaired) electrons. The number of nitrogens with one attached hydrogen (secondary N) is 1. The Morgan fingerprint density at radius 2 is 2.29 bits per heavy atom. The van der Waals surface area contributed by atoms with Crippen LogP contribution in [0.5, 0.6) is 0 Å². The Hall–Kier alpha value is -0.610. The minimum Gasteiger partial charge on any atom is -0.396 e. The zero-order chi connectivity index (χ0) is 11.9. The number of hydrogen-bond acceptors (Lipinski definition) is 3. The Kier molecular flexibility index (Phi) is 2.87. The molecule has 0 aromatic carbocycles. The number of nitrogens with zero attached hydrogens (tertiary/aromatic N) is 1. The molecular weight excluding hydrogens is 216 g/mol. The van der Waals surface area contributed by atoms with Crippen molar-refractivity contribution in [1.29, 1.82) is 0 Å². The Labute approximate surface area is 102 Å². The van der Waals surface area contributed by atoms with Crippen LogP contribution in [0.25, 0.3) is 0 Å². The smallest absolute Gasteiger partial charge is 0.227 e. The summed E-state index contributed by atoms with van der Waals surface area (Å²) in [4.78, 5) is 14.4. The molecule has 1 amide bonds. The van der Waals surface area contributed by atoms with E-state index in [2.05, 4.69) is 5.32 Å². The van der Waals surface area contributed by atoms with E-state index in [0.29, 0.717) is 11.8 Å². The molecule has 0 aromatic rings. The monoisotopic (exact) mass is 238 g/mol. The molecule has 4 heteroatoms. The van der Waals surface area contributed by atoms with Crippen LogP contribution in [-0.4, -0.2) is 48.7 Å². The number of hydrogen-bond donors (Lipinski definition) is 2. The van der Waals surface area contributed by atoms with E-state index in [-0.39, 0.29) is 17.9 Å². The van der Waals surface area contributed by atoms with Crippen LogP contribution in [0.2, 0.25) is 0 Å². The second-order valence-corrected chi connectivity index (χ2v) is 6.00. The highest BCUT2D eigenvalue weighted by molar-refractivity contribution is 5.79. The molecule has 2 heterocycles. The summed E-state index contributed by atoms with van der Waals surface area (Å²) in [5, 5.41) is 12.7. The van der Waals surface area contributed by atoms with Gasteiger partial charge in [0.2, 0.25) is 5.91 Å². The number of likely N-dealkylation sites (tertiary alicyclic amines) is 1. The molecule has 3 aliphatic rings. The van der Waals surface area contributed by atoms with Gasteiger partial charge in [-0.25, -0.2) is 0 Å². The van der Waals surface area contributed by atoms with Gasteiger partial charge in [0.05, 0.1) is 5.92 Å². The lowest BCUT2D eigenvalue weighted by Gasteiger charge is -2.42. The largest absolute Gasteiger partial charge is 0.396 e. The van der Waals surface area contributed by atoms with Crippen LogP contribution >= 0.6 is 0 Å². The number of aliphatic hydroxyl groups is 1. The molecule has 0 aromatic heterocycles. The Balaban J connectivity index is 1.67. The maximum absolute atomic E-state index is 12.3. The van der Waals surface area contributed by atoms with E-state index in [1.807, 2.05) is 4.90 Å². The quantitative estimate of drug-likeness (QED) is 0.723. The maximum Gasteiger partial charge on any atom is 0.227 e. The predicted octanol–water partition coefficient (Wildman–Crippen LogP) is 0.217. The topological polar surface area (TPSA) is 52.6 Å². The molecular formula is C13H22N2O2. The van der Waals surface area contributed by atoms with Gasteiger partial charge in [0.25, 0.3) is 0 Å². The van der Waals surface area contributed by atoms with Crippen LogP contribution in [0.4, 0.5) is 0 Å². The Bertz CT molecular complexity index is 309. The van der Waals surface area contributed by atoms with Gasteiger partial charge < -0.3 is 15.3 Å². The lowest BCUT2D eigenvalue weighted by molar-refractivity contribution is -0.134. The Morgan fingerprint density at radius 3 is 2.76 bits per heavy atom. The highest BCUT2D eigenvalue weighted by atomic mass is 16.3. The minimum atomic E-state index is 0.185. The molecule has 17 heavy (non-hydrogen) atoms. The van der Waals surface area contributed by atoms with Crippen LogP contribution in [0, 0.1) is 17.3 Å². The normalized spacial score (nSPS) is 35.2. The van der Waals surface area contributed by atoms with E-state index in [9.17, 15) is 9.90 Å². The van der Waals surface area contributed by atoms with Gasteiger partial charge in [-0.15, -0.1) is 0 Å². The summed E-state index contributed by atoms with van der Waals surface area (Å²) in [5.41, 5.74) is 0.274. The van der Waals surface area contributed by atoms with E-state index < -0.39 is 0 Å². The molecule has 2 unspecified atom stereocenters. The van der Waals surface area contributed by atoms with Crippen molar-refractivity contribution >= 4 is 5.91 Å². The van der Waals surface area contributed by atoms with Gasteiger partial charge in [-0.05, 0) is 31.2 Å². The zero-order valence-corrected chi connectivity index (χ0v) is 10.3. The summed E-state index contributed by atoms with van der Waals surface area (Å²) in [7, 11) is 0. The summed E-state index contributed by atoms with van der Waals surface area (Å²) >= 11 is 0. The second-order valence-electron chi connectivity index (χ2n) is 6.00. The second kappa shape index (κ2) is 4.25. The van der Waals surface area contributed by atoms with Crippen molar-refractivity contribution in [3.8, 4) is 0 Å². The standard InChI is InChI=1S/C13H22N2O2/c16-8-11-7-15(9-13(11)3-1-4-13)12(17)10-2-5-14-6-10/h10-11,14,16H,1-9H2. The molecule has 0 bridgehead atoms. The van der Waals surface area contributed by atoms with Crippen molar-refractivity contribution in [3.63, 3.8) is 0 Å². The number of amides is 1. The van der Waals surface area contributed by atoms with Crippen molar-refractivity contribution in [3.05, 3.63) is 0 Å². The number of carbonyl (C=O) groups is 1. The zero-order valence-electron chi connectivity index (χ0n) is 10.3. The number of carbonyl (C=O) groups excluding carboxylic acids is 1. The molecule has 1 saturated carbocycles. The molecule has 2 N–H and O–H groups in total. The summed E-state index contributed by atoms with van der Waals surface area (Å²) in [5.74, 6) is 0.830. The van der Waals surface area contributed by atoms with Crippen LogP contribution in [-0.2, 0) is 4.79 Å². The fraction of sp³-hybridized carbons (Fsp3) is 0.923. The van der Waals surface area contributed by atoms with Gasteiger partial charge in [0.1, 0.15) is 0 Å². The van der Waals surface area contributed by atoms with Gasteiger partial charge in [0, 0.05) is 32.2 Å². The average Bonchev–Trinajstić information content (AvgIpc) is 2.94. The number of aliphatic hydroxyl groups excluding tert-OH is 1. The summed E-state index contributed by atoms with van der Waals surface area (Å²) in [6.45, 7) is 3.73. The molecule has 3 fully saturated rings. The van der Waals surface area contributed by atoms with Gasteiger partial charge in [-0.2, -0.15) is 0 Å². The highest BCUT2D eigenvalue weighted by Crippen LogP contribution is 2.51. The van der Waals surface area contributed by atoms with Gasteiger partial charge >= 0.3 is 0 Å². The Morgan fingerprint density at radius 1 is 1.47 bits per heavy atom. The van der Waals surface area contributed by atoms with Crippen molar-refractivity contribution in [2.45, 2.75) is 25.7 Å². The van der Waals surface area contributed by atoms with E-state index in [4.69, 9.17) is 0 Å². The number of rotatable bonds is 2. The molecule has 96 valence electrons. The first kappa shape index (κ1) is 11.5. The van der Waals surface area contributed by atoms with Crippen LogP contribution < -0.4 is 5.32 Å². The fourth-order valence-corrected chi connectivity index (χ4v) is 3.77. The molecule has 2 saturated heterocycles. The SMILES string of the molecule is O=C(C1CCNC1)N1CC(CO)C2(CCC2)C1. The van der Waals surface area contributed by atoms with E-state index in [1.54, 1.807) is 0 Å². The van der Waals surface area contributed by atoms with E-state index >= 15 is 0 Å².